The Morgan fingerprint density at radius 3 is 2.79 bits per heavy atom. The van der Waals surface area contributed by atoms with E-state index in [1.807, 2.05) is 0 Å². The molecule has 0 amide bonds. The second-order valence-corrected chi connectivity index (χ2v) is 4.32. The Bertz CT molecular complexity index is 534. The molecule has 2 heterocycles. The Balaban J connectivity index is 1.83. The molecular formula is C12H11F2NO4. The molecule has 0 spiro atoms. The van der Waals surface area contributed by atoms with Gasteiger partial charge in [-0.2, -0.15) is 0 Å². The minimum atomic E-state index is -3.63. The Hall–Kier alpha value is -2.05. The van der Waals surface area contributed by atoms with Gasteiger partial charge in [-0.15, -0.1) is 8.78 Å². The van der Waals surface area contributed by atoms with Gasteiger partial charge in [-0.25, -0.2) is 4.79 Å². The third-order valence-corrected chi connectivity index (χ3v) is 3.21. The van der Waals surface area contributed by atoms with Gasteiger partial charge < -0.3 is 19.1 Å². The minimum absolute atomic E-state index is 0.0103. The second-order valence-electron chi connectivity index (χ2n) is 4.32. The van der Waals surface area contributed by atoms with Crippen LogP contribution >= 0.6 is 0 Å². The summed E-state index contributed by atoms with van der Waals surface area (Å²) in [7, 11) is 1.32. The lowest BCUT2D eigenvalue weighted by molar-refractivity contribution is -0.286. The van der Waals surface area contributed by atoms with Crippen LogP contribution in [0.25, 0.3) is 0 Å². The van der Waals surface area contributed by atoms with Crippen molar-refractivity contribution in [1.82, 2.24) is 0 Å². The lowest BCUT2D eigenvalue weighted by Crippen LogP contribution is -2.53. The molecule has 3 rings (SSSR count). The molecule has 1 atom stereocenters. The summed E-state index contributed by atoms with van der Waals surface area (Å²) in [4.78, 5) is 13.2. The lowest BCUT2D eigenvalue weighted by Gasteiger charge is -2.40. The van der Waals surface area contributed by atoms with Crippen molar-refractivity contribution >= 4 is 11.7 Å². The van der Waals surface area contributed by atoms with Crippen LogP contribution in [0.1, 0.15) is 6.42 Å². The first-order valence-electron chi connectivity index (χ1n) is 5.74. The highest BCUT2D eigenvalue weighted by atomic mass is 19.3. The summed E-state index contributed by atoms with van der Waals surface area (Å²) in [6, 6.07) is 4.08. The van der Waals surface area contributed by atoms with Crippen molar-refractivity contribution in [2.24, 2.45) is 0 Å². The van der Waals surface area contributed by atoms with Gasteiger partial charge in [-0.05, 0) is 18.6 Å². The number of fused-ring (bicyclic) bond motifs is 1. The zero-order chi connectivity index (χ0) is 13.6. The van der Waals surface area contributed by atoms with Gasteiger partial charge in [0.2, 0.25) is 0 Å². The van der Waals surface area contributed by atoms with Crippen molar-refractivity contribution in [3.8, 4) is 11.5 Å². The lowest BCUT2D eigenvalue weighted by atomic mass is 10.0. The maximum absolute atomic E-state index is 12.9. The van der Waals surface area contributed by atoms with Gasteiger partial charge in [0, 0.05) is 18.3 Å². The molecular weight excluding hydrogens is 260 g/mol. The van der Waals surface area contributed by atoms with E-state index in [-0.39, 0.29) is 23.5 Å². The van der Waals surface area contributed by atoms with Crippen LogP contribution in [0, 0.1) is 0 Å². The smallest absolute Gasteiger partial charge is 0.467 e. The molecule has 1 fully saturated rings. The van der Waals surface area contributed by atoms with Crippen molar-refractivity contribution in [1.29, 1.82) is 0 Å². The number of anilines is 1. The summed E-state index contributed by atoms with van der Waals surface area (Å²) in [6.07, 6.45) is -2.95. The van der Waals surface area contributed by atoms with Gasteiger partial charge in [-0.3, -0.25) is 0 Å². The van der Waals surface area contributed by atoms with E-state index in [9.17, 15) is 13.6 Å². The summed E-state index contributed by atoms with van der Waals surface area (Å²) in [5.74, 6) is -0.379. The number of carbonyl (C=O) groups excluding carboxylic acids is 1. The van der Waals surface area contributed by atoms with Gasteiger partial charge in [0.05, 0.1) is 7.11 Å². The van der Waals surface area contributed by atoms with E-state index < -0.39 is 6.29 Å². The Morgan fingerprint density at radius 1 is 1.42 bits per heavy atom. The first-order chi connectivity index (χ1) is 9.00. The number of ether oxygens (including phenoxy) is 3. The predicted octanol–water partition coefficient (Wildman–Crippen LogP) is 1.76. The highest BCUT2D eigenvalue weighted by molar-refractivity contribution is 5.82. The first kappa shape index (κ1) is 12.0. The molecule has 19 heavy (non-hydrogen) atoms. The molecule has 7 heteroatoms. The zero-order valence-electron chi connectivity index (χ0n) is 10.1. The number of halogens is 2. The molecule has 2 aliphatic rings. The molecule has 0 aliphatic carbocycles. The van der Waals surface area contributed by atoms with Crippen LogP contribution in [-0.2, 0) is 9.53 Å². The van der Waals surface area contributed by atoms with Crippen LogP contribution in [0.15, 0.2) is 18.2 Å². The summed E-state index contributed by atoms with van der Waals surface area (Å²) < 4.78 is 39.1. The number of carbonyl (C=O) groups is 1. The third kappa shape index (κ3) is 1.94. The van der Waals surface area contributed by atoms with Crippen molar-refractivity contribution < 1.29 is 27.8 Å². The number of hydrogen-bond donors (Lipinski definition) is 0. The van der Waals surface area contributed by atoms with Crippen LogP contribution in [0.4, 0.5) is 14.5 Å². The standard InChI is InChI=1S/C12H11F2NO4/c1-17-11(16)8-4-5-15(8)7-2-3-9-10(6-7)19-12(13,14)18-9/h2-3,6,8H,4-5H2,1H3. The molecule has 5 nitrogen and oxygen atoms in total. The molecule has 2 aliphatic heterocycles. The molecule has 0 radical (unpaired) electrons. The quantitative estimate of drug-likeness (QED) is 0.767. The van der Waals surface area contributed by atoms with Crippen molar-refractivity contribution in [2.75, 3.05) is 18.6 Å². The molecule has 1 unspecified atom stereocenters. The average Bonchev–Trinajstić information content (AvgIpc) is 2.60. The van der Waals surface area contributed by atoms with E-state index in [2.05, 4.69) is 14.2 Å². The van der Waals surface area contributed by atoms with Crippen LogP contribution < -0.4 is 14.4 Å². The number of alkyl halides is 2. The van der Waals surface area contributed by atoms with Crippen molar-refractivity contribution in [2.45, 2.75) is 18.8 Å². The van der Waals surface area contributed by atoms with Gasteiger partial charge in [-0.1, -0.05) is 0 Å². The highest BCUT2D eigenvalue weighted by Crippen LogP contribution is 2.43. The van der Waals surface area contributed by atoms with Gasteiger partial charge >= 0.3 is 12.3 Å². The fourth-order valence-corrected chi connectivity index (χ4v) is 2.19. The minimum Gasteiger partial charge on any atom is -0.467 e. The molecule has 1 aromatic carbocycles. The van der Waals surface area contributed by atoms with E-state index in [1.54, 1.807) is 11.0 Å². The van der Waals surface area contributed by atoms with Crippen LogP contribution in [0.5, 0.6) is 11.5 Å². The molecule has 0 aromatic heterocycles. The van der Waals surface area contributed by atoms with Gasteiger partial charge in [0.15, 0.2) is 11.5 Å². The SMILES string of the molecule is COC(=O)C1CCN1c1ccc2c(c1)OC(F)(F)O2. The average molecular weight is 271 g/mol. The molecule has 102 valence electrons. The number of rotatable bonds is 2. The first-order valence-corrected chi connectivity index (χ1v) is 5.74. The summed E-state index contributed by atoms with van der Waals surface area (Å²) in [6.45, 7) is 0.663. The molecule has 1 aromatic rings. The molecule has 1 saturated heterocycles. The topological polar surface area (TPSA) is 48.0 Å². The number of benzene rings is 1. The van der Waals surface area contributed by atoms with Crippen LogP contribution in [0.3, 0.4) is 0 Å². The van der Waals surface area contributed by atoms with Crippen LogP contribution in [0.2, 0.25) is 0 Å². The highest BCUT2D eigenvalue weighted by Gasteiger charge is 2.44. The van der Waals surface area contributed by atoms with Crippen molar-refractivity contribution in [3.05, 3.63) is 18.2 Å². The van der Waals surface area contributed by atoms with E-state index >= 15 is 0 Å². The largest absolute Gasteiger partial charge is 0.586 e. The summed E-state index contributed by atoms with van der Waals surface area (Å²) >= 11 is 0. The Kier molecular flexibility index (Phi) is 2.51. The number of esters is 1. The number of hydrogen-bond acceptors (Lipinski definition) is 5. The monoisotopic (exact) mass is 271 g/mol. The fraction of sp³-hybridized carbons (Fsp3) is 0.417. The van der Waals surface area contributed by atoms with E-state index in [0.29, 0.717) is 18.7 Å². The number of nitrogens with zero attached hydrogens (tertiary/aromatic N) is 1. The fourth-order valence-electron chi connectivity index (χ4n) is 2.19. The van der Waals surface area contributed by atoms with E-state index in [1.165, 1.54) is 19.2 Å². The predicted molar refractivity (Wildman–Crippen MR) is 60.4 cm³/mol. The molecule has 0 saturated carbocycles. The third-order valence-electron chi connectivity index (χ3n) is 3.21. The summed E-state index contributed by atoms with van der Waals surface area (Å²) in [5, 5.41) is 0. The second kappa shape index (κ2) is 3.97. The van der Waals surface area contributed by atoms with E-state index in [0.717, 1.165) is 0 Å². The Labute approximate surface area is 107 Å². The molecule has 0 N–H and O–H groups in total. The van der Waals surface area contributed by atoms with E-state index in [4.69, 9.17) is 0 Å². The number of methoxy groups -OCH3 is 1. The van der Waals surface area contributed by atoms with Gasteiger partial charge in [0.1, 0.15) is 6.04 Å². The zero-order valence-corrected chi connectivity index (χ0v) is 10.1. The van der Waals surface area contributed by atoms with Gasteiger partial charge in [0.25, 0.3) is 0 Å². The summed E-state index contributed by atoms with van der Waals surface area (Å²) in [5.41, 5.74) is 0.627. The maximum atomic E-state index is 12.9. The normalized spacial score (nSPS) is 22.9. The maximum Gasteiger partial charge on any atom is 0.586 e. The Morgan fingerprint density at radius 2 is 2.16 bits per heavy atom. The van der Waals surface area contributed by atoms with Crippen LogP contribution in [-0.4, -0.2) is 32.0 Å². The molecule has 0 bridgehead atoms. The van der Waals surface area contributed by atoms with Crippen molar-refractivity contribution in [3.63, 3.8) is 0 Å².